The lowest BCUT2D eigenvalue weighted by molar-refractivity contribution is -0.146. The zero-order chi connectivity index (χ0) is 31.4. The fourth-order valence-corrected chi connectivity index (χ4v) is 4.45. The van der Waals surface area contributed by atoms with Crippen molar-refractivity contribution in [1.29, 1.82) is 0 Å². The minimum Gasteiger partial charge on any atom is -0.508 e. The summed E-state index contributed by atoms with van der Waals surface area (Å²) in [6.07, 6.45) is 0.705. The van der Waals surface area contributed by atoms with Crippen molar-refractivity contribution in [2.75, 3.05) is 13.7 Å². The van der Waals surface area contributed by atoms with Crippen molar-refractivity contribution in [3.63, 3.8) is 0 Å². The van der Waals surface area contributed by atoms with Crippen LogP contribution in [-0.4, -0.2) is 65.2 Å². The van der Waals surface area contributed by atoms with Gasteiger partial charge in [-0.05, 0) is 69.7 Å². The van der Waals surface area contributed by atoms with Crippen molar-refractivity contribution < 1.29 is 33.8 Å². The number of carbonyl (C=O) groups excluding carboxylic acids is 4. The number of amides is 3. The van der Waals surface area contributed by atoms with Crippen molar-refractivity contribution in [2.45, 2.75) is 84.5 Å². The normalized spacial score (nSPS) is 13.4. The van der Waals surface area contributed by atoms with Gasteiger partial charge in [-0.3, -0.25) is 14.4 Å². The van der Waals surface area contributed by atoms with Crippen molar-refractivity contribution in [3.8, 4) is 5.75 Å². The molecule has 0 fully saturated rings. The number of methoxy groups -OCH3 is 1. The molecular formula is C32H45N3O7. The van der Waals surface area contributed by atoms with E-state index in [-0.39, 0.29) is 12.2 Å². The number of esters is 1. The first-order valence-corrected chi connectivity index (χ1v) is 14.2. The van der Waals surface area contributed by atoms with E-state index in [0.29, 0.717) is 17.9 Å². The number of phenols is 1. The van der Waals surface area contributed by atoms with E-state index >= 15 is 0 Å². The molecule has 0 aliphatic rings. The molecule has 230 valence electrons. The van der Waals surface area contributed by atoms with Crippen LogP contribution >= 0.6 is 0 Å². The first kappa shape index (κ1) is 34.1. The zero-order valence-electron chi connectivity index (χ0n) is 25.7. The Morgan fingerprint density at radius 1 is 0.952 bits per heavy atom. The zero-order valence-corrected chi connectivity index (χ0v) is 25.7. The molecule has 3 unspecified atom stereocenters. The summed E-state index contributed by atoms with van der Waals surface area (Å²) in [6, 6.07) is 12.5. The molecule has 0 heterocycles. The summed E-state index contributed by atoms with van der Waals surface area (Å²) >= 11 is 0. The van der Waals surface area contributed by atoms with E-state index in [2.05, 4.69) is 29.2 Å². The number of nitrogens with one attached hydrogen (secondary N) is 2. The fourth-order valence-electron chi connectivity index (χ4n) is 4.45. The minimum atomic E-state index is -1.23. The summed E-state index contributed by atoms with van der Waals surface area (Å²) in [5, 5.41) is 15.6. The molecule has 10 nitrogen and oxygen atoms in total. The highest BCUT2D eigenvalue weighted by Gasteiger charge is 2.39. The number of hydrogen-bond acceptors (Lipinski definition) is 7. The van der Waals surface area contributed by atoms with Gasteiger partial charge in [0, 0.05) is 12.5 Å². The van der Waals surface area contributed by atoms with Gasteiger partial charge in [0.15, 0.2) is 0 Å². The number of phenolic OH excluding ortho intramolecular Hbond substituents is 1. The highest BCUT2D eigenvalue weighted by Crippen LogP contribution is 2.29. The third-order valence-electron chi connectivity index (χ3n) is 6.51. The molecule has 3 amide bonds. The van der Waals surface area contributed by atoms with Crippen LogP contribution < -0.4 is 10.6 Å². The summed E-state index contributed by atoms with van der Waals surface area (Å²) in [5.74, 6) is -1.56. The number of aromatic hydroxyl groups is 1. The van der Waals surface area contributed by atoms with Gasteiger partial charge in [-0.25, -0.2) is 4.79 Å². The van der Waals surface area contributed by atoms with Gasteiger partial charge in [0.2, 0.25) is 11.8 Å². The van der Waals surface area contributed by atoms with Crippen molar-refractivity contribution in [1.82, 2.24) is 15.5 Å². The van der Waals surface area contributed by atoms with E-state index < -0.39 is 54.1 Å². The second-order valence-electron chi connectivity index (χ2n) is 11.7. The molecule has 0 saturated carbocycles. The van der Waals surface area contributed by atoms with E-state index in [1.54, 1.807) is 32.9 Å². The molecule has 2 aromatic rings. The number of hydrogen-bond donors (Lipinski definition) is 3. The first-order chi connectivity index (χ1) is 19.7. The molecule has 3 atom stereocenters. The van der Waals surface area contributed by atoms with Crippen LogP contribution in [0.4, 0.5) is 4.79 Å². The Kier molecular flexibility index (Phi) is 12.8. The Hall–Kier alpha value is -4.08. The SMILES string of the molecule is COC(=O)CNC(=O)C(c1cccc(O)c1)N(C(=O)C(Cc1ccccc1)NC(=O)OC(C)(C)C)C(C)CCC(C)C. The summed E-state index contributed by atoms with van der Waals surface area (Å²) in [4.78, 5) is 54.5. The third kappa shape index (κ3) is 11.1. The molecule has 0 saturated heterocycles. The van der Waals surface area contributed by atoms with Gasteiger partial charge in [-0.15, -0.1) is 0 Å². The van der Waals surface area contributed by atoms with Crippen LogP contribution in [0.2, 0.25) is 0 Å². The molecular weight excluding hydrogens is 538 g/mol. The maximum Gasteiger partial charge on any atom is 0.408 e. The lowest BCUT2D eigenvalue weighted by Crippen LogP contribution is -2.56. The molecule has 3 N–H and O–H groups in total. The average molecular weight is 584 g/mol. The van der Waals surface area contributed by atoms with Crippen molar-refractivity contribution in [2.24, 2.45) is 5.92 Å². The Morgan fingerprint density at radius 2 is 1.62 bits per heavy atom. The lowest BCUT2D eigenvalue weighted by Gasteiger charge is -2.39. The van der Waals surface area contributed by atoms with Crippen LogP contribution in [0.25, 0.3) is 0 Å². The largest absolute Gasteiger partial charge is 0.508 e. The van der Waals surface area contributed by atoms with E-state index in [1.807, 2.05) is 37.3 Å². The third-order valence-corrected chi connectivity index (χ3v) is 6.51. The van der Waals surface area contributed by atoms with E-state index in [9.17, 15) is 24.3 Å². The highest BCUT2D eigenvalue weighted by atomic mass is 16.6. The average Bonchev–Trinajstić information content (AvgIpc) is 2.91. The summed E-state index contributed by atoms with van der Waals surface area (Å²) in [6.45, 7) is 10.8. The van der Waals surface area contributed by atoms with E-state index in [0.717, 1.165) is 12.0 Å². The van der Waals surface area contributed by atoms with E-state index in [1.165, 1.54) is 24.1 Å². The maximum absolute atomic E-state index is 14.6. The van der Waals surface area contributed by atoms with Crippen molar-refractivity contribution >= 4 is 23.9 Å². The number of nitrogens with zero attached hydrogens (tertiary/aromatic N) is 1. The summed E-state index contributed by atoms with van der Waals surface area (Å²) in [7, 11) is 1.21. The van der Waals surface area contributed by atoms with Crippen LogP contribution in [0.1, 0.15) is 71.6 Å². The predicted molar refractivity (Wildman–Crippen MR) is 160 cm³/mol. The molecule has 0 radical (unpaired) electrons. The Labute approximate surface area is 248 Å². The molecule has 2 rings (SSSR count). The Bertz CT molecular complexity index is 1190. The molecule has 0 aliphatic heterocycles. The van der Waals surface area contributed by atoms with Crippen molar-refractivity contribution in [3.05, 3.63) is 65.7 Å². The van der Waals surface area contributed by atoms with Crippen LogP contribution in [0, 0.1) is 5.92 Å². The molecule has 0 spiro atoms. The smallest absolute Gasteiger partial charge is 0.408 e. The predicted octanol–water partition coefficient (Wildman–Crippen LogP) is 4.51. The van der Waals surface area contributed by atoms with Crippen LogP contribution in [0.3, 0.4) is 0 Å². The highest BCUT2D eigenvalue weighted by molar-refractivity contribution is 5.93. The lowest BCUT2D eigenvalue weighted by atomic mass is 9.96. The van der Waals surface area contributed by atoms with Gasteiger partial charge in [0.05, 0.1) is 7.11 Å². The van der Waals surface area contributed by atoms with Crippen LogP contribution in [-0.2, 0) is 30.3 Å². The number of rotatable bonds is 13. The quantitative estimate of drug-likeness (QED) is 0.295. The van der Waals surface area contributed by atoms with Gasteiger partial charge >= 0.3 is 12.1 Å². The standard InChI is InChI=1S/C32H45N3O7/c1-21(2)16-17-22(3)35(28(24-14-11-15-25(36)19-24)29(38)33-20-27(37)41-7)30(39)26(18-23-12-9-8-10-13-23)34-31(40)42-32(4,5)6/h8-15,19,21-22,26,28,36H,16-18,20H2,1-7H3,(H,33,38)(H,34,40). The summed E-state index contributed by atoms with van der Waals surface area (Å²) in [5.41, 5.74) is 0.343. The van der Waals surface area contributed by atoms with Gasteiger partial charge in [0.25, 0.3) is 0 Å². The summed E-state index contributed by atoms with van der Waals surface area (Å²) < 4.78 is 10.2. The second-order valence-corrected chi connectivity index (χ2v) is 11.7. The Balaban J connectivity index is 2.63. The molecule has 42 heavy (non-hydrogen) atoms. The molecule has 2 aromatic carbocycles. The number of alkyl carbamates (subject to hydrolysis) is 1. The van der Waals surface area contributed by atoms with E-state index in [4.69, 9.17) is 4.74 Å². The number of carbonyl (C=O) groups is 4. The van der Waals surface area contributed by atoms with Gasteiger partial charge in [0.1, 0.15) is 30.0 Å². The first-order valence-electron chi connectivity index (χ1n) is 14.2. The number of benzene rings is 2. The molecule has 10 heteroatoms. The molecule has 0 aromatic heterocycles. The Morgan fingerprint density at radius 3 is 2.19 bits per heavy atom. The topological polar surface area (TPSA) is 134 Å². The fraction of sp³-hybridized carbons (Fsp3) is 0.500. The minimum absolute atomic E-state index is 0.0896. The van der Waals surface area contributed by atoms with Crippen LogP contribution in [0.15, 0.2) is 54.6 Å². The van der Waals surface area contributed by atoms with Gasteiger partial charge in [-0.1, -0.05) is 56.3 Å². The molecule has 0 aliphatic carbocycles. The number of ether oxygens (including phenoxy) is 2. The van der Waals surface area contributed by atoms with Gasteiger partial charge in [-0.2, -0.15) is 0 Å². The monoisotopic (exact) mass is 583 g/mol. The maximum atomic E-state index is 14.6. The second kappa shape index (κ2) is 15.8. The molecule has 0 bridgehead atoms. The van der Waals surface area contributed by atoms with Crippen LogP contribution in [0.5, 0.6) is 5.75 Å². The van der Waals surface area contributed by atoms with Gasteiger partial charge < -0.3 is 30.1 Å².